The molecule has 1 aliphatic rings. The van der Waals surface area contributed by atoms with Crippen LogP contribution in [0.4, 0.5) is 0 Å². The van der Waals surface area contributed by atoms with Crippen molar-refractivity contribution in [2.75, 3.05) is 0 Å². The van der Waals surface area contributed by atoms with Crippen molar-refractivity contribution in [2.24, 2.45) is 0 Å². The fraction of sp³-hybridized carbons (Fsp3) is 0.357. The lowest BCUT2D eigenvalue weighted by Gasteiger charge is -2.15. The number of carboxylic acid groups (broad SMARTS) is 1. The zero-order chi connectivity index (χ0) is 14.8. The molecule has 0 aliphatic heterocycles. The number of nitrogens with zero attached hydrogens (tertiary/aromatic N) is 1. The Morgan fingerprint density at radius 2 is 2.33 bits per heavy atom. The third-order valence-corrected chi connectivity index (χ3v) is 4.58. The first kappa shape index (κ1) is 13.8. The van der Waals surface area contributed by atoms with E-state index in [-0.39, 0.29) is 12.3 Å². The molecule has 1 aliphatic carbocycles. The zero-order valence-corrected chi connectivity index (χ0v) is 12.1. The number of nitrogens with one attached hydrogen (secondary N) is 2. The maximum atomic E-state index is 12.4. The minimum absolute atomic E-state index is 0.140. The molecule has 1 amide bonds. The van der Waals surface area contributed by atoms with Gasteiger partial charge in [-0.2, -0.15) is 5.10 Å². The molecule has 0 fully saturated rings. The standard InChI is InChI=1S/C14H15N3O3S/c18-12(19)7-10(11-5-2-6-21-11)15-14(20)13-8-3-1-4-9(8)16-17-13/h2,5-6,10H,1,3-4,7H2,(H,15,20)(H,16,17)(H,18,19). The van der Waals surface area contributed by atoms with E-state index in [1.165, 1.54) is 11.3 Å². The molecule has 2 aromatic heterocycles. The highest BCUT2D eigenvalue weighted by Gasteiger charge is 2.26. The monoisotopic (exact) mass is 305 g/mol. The predicted octanol–water partition coefficient (Wildman–Crippen LogP) is 1.91. The van der Waals surface area contributed by atoms with Gasteiger partial charge in [0.2, 0.25) is 0 Å². The first-order chi connectivity index (χ1) is 10.1. The second kappa shape index (κ2) is 5.69. The van der Waals surface area contributed by atoms with Crippen LogP contribution in [0.25, 0.3) is 0 Å². The van der Waals surface area contributed by atoms with Gasteiger partial charge in [-0.3, -0.25) is 14.7 Å². The van der Waals surface area contributed by atoms with Gasteiger partial charge in [0.15, 0.2) is 5.69 Å². The molecule has 0 aromatic carbocycles. The molecule has 0 bridgehead atoms. The number of aromatic nitrogens is 2. The number of rotatable bonds is 5. The molecule has 1 unspecified atom stereocenters. The number of carbonyl (C=O) groups excluding carboxylic acids is 1. The molecular weight excluding hydrogens is 290 g/mol. The minimum Gasteiger partial charge on any atom is -0.481 e. The van der Waals surface area contributed by atoms with Crippen molar-refractivity contribution in [3.05, 3.63) is 39.3 Å². The van der Waals surface area contributed by atoms with E-state index in [0.29, 0.717) is 5.69 Å². The predicted molar refractivity (Wildman–Crippen MR) is 77.4 cm³/mol. The van der Waals surface area contributed by atoms with Crippen LogP contribution < -0.4 is 5.32 Å². The number of carbonyl (C=O) groups is 2. The Morgan fingerprint density at radius 3 is 3.05 bits per heavy atom. The Bertz CT molecular complexity index is 663. The number of fused-ring (bicyclic) bond motifs is 1. The van der Waals surface area contributed by atoms with Gasteiger partial charge in [0.05, 0.1) is 12.5 Å². The van der Waals surface area contributed by atoms with Crippen LogP contribution in [-0.2, 0) is 17.6 Å². The number of hydrogen-bond donors (Lipinski definition) is 3. The first-order valence-corrected chi connectivity index (χ1v) is 7.65. The molecule has 0 saturated heterocycles. The molecule has 6 nitrogen and oxygen atoms in total. The van der Waals surface area contributed by atoms with E-state index >= 15 is 0 Å². The van der Waals surface area contributed by atoms with Gasteiger partial charge in [0.25, 0.3) is 5.91 Å². The average Bonchev–Trinajstić information content (AvgIpc) is 3.14. The fourth-order valence-corrected chi connectivity index (χ4v) is 3.40. The number of aryl methyl sites for hydroxylation is 1. The third kappa shape index (κ3) is 2.82. The van der Waals surface area contributed by atoms with E-state index < -0.39 is 12.0 Å². The lowest BCUT2D eigenvalue weighted by atomic mass is 10.1. The summed E-state index contributed by atoms with van der Waals surface area (Å²) in [6.45, 7) is 0. The van der Waals surface area contributed by atoms with Crippen molar-refractivity contribution in [3.8, 4) is 0 Å². The number of aromatic amines is 1. The van der Waals surface area contributed by atoms with Crippen molar-refractivity contribution in [2.45, 2.75) is 31.7 Å². The van der Waals surface area contributed by atoms with E-state index in [0.717, 1.165) is 35.4 Å². The van der Waals surface area contributed by atoms with Gasteiger partial charge in [0, 0.05) is 16.1 Å². The molecule has 0 spiro atoms. The smallest absolute Gasteiger partial charge is 0.305 e. The van der Waals surface area contributed by atoms with Crippen LogP contribution in [0.2, 0.25) is 0 Å². The van der Waals surface area contributed by atoms with Crippen molar-refractivity contribution >= 4 is 23.2 Å². The molecule has 2 heterocycles. The van der Waals surface area contributed by atoms with E-state index in [4.69, 9.17) is 5.11 Å². The number of amides is 1. The molecular formula is C14H15N3O3S. The minimum atomic E-state index is -0.944. The largest absolute Gasteiger partial charge is 0.481 e. The van der Waals surface area contributed by atoms with Gasteiger partial charge in [-0.25, -0.2) is 0 Å². The summed E-state index contributed by atoms with van der Waals surface area (Å²) in [7, 11) is 0. The number of H-pyrrole nitrogens is 1. The summed E-state index contributed by atoms with van der Waals surface area (Å²) in [5.74, 6) is -1.25. The van der Waals surface area contributed by atoms with E-state index in [2.05, 4.69) is 15.5 Å². The molecule has 0 saturated carbocycles. The molecule has 3 N–H and O–H groups in total. The average molecular weight is 305 g/mol. The summed E-state index contributed by atoms with van der Waals surface area (Å²) in [5, 5.41) is 20.6. The second-order valence-corrected chi connectivity index (χ2v) is 6.00. The quantitative estimate of drug-likeness (QED) is 0.786. The van der Waals surface area contributed by atoms with Crippen LogP contribution in [-0.4, -0.2) is 27.2 Å². The Kier molecular flexibility index (Phi) is 3.74. The van der Waals surface area contributed by atoms with Crippen LogP contribution >= 0.6 is 11.3 Å². The van der Waals surface area contributed by atoms with Crippen LogP contribution in [0.1, 0.15) is 45.5 Å². The van der Waals surface area contributed by atoms with E-state index in [1.54, 1.807) is 0 Å². The highest BCUT2D eigenvalue weighted by Crippen LogP contribution is 2.25. The Labute approximate surface area is 125 Å². The summed E-state index contributed by atoms with van der Waals surface area (Å²) in [5.41, 5.74) is 2.38. The molecule has 0 radical (unpaired) electrons. The van der Waals surface area contributed by atoms with Gasteiger partial charge < -0.3 is 10.4 Å². The van der Waals surface area contributed by atoms with Crippen molar-refractivity contribution in [1.82, 2.24) is 15.5 Å². The summed E-state index contributed by atoms with van der Waals surface area (Å²) >= 11 is 1.43. The maximum absolute atomic E-state index is 12.4. The Hall–Kier alpha value is -2.15. The number of aliphatic carboxylic acids is 1. The molecule has 3 rings (SSSR count). The van der Waals surface area contributed by atoms with Crippen LogP contribution in [0, 0.1) is 0 Å². The first-order valence-electron chi connectivity index (χ1n) is 6.77. The third-order valence-electron chi connectivity index (χ3n) is 3.59. The summed E-state index contributed by atoms with van der Waals surface area (Å²) in [6, 6.07) is 3.14. The number of thiophene rings is 1. The van der Waals surface area contributed by atoms with E-state index in [9.17, 15) is 9.59 Å². The highest BCUT2D eigenvalue weighted by molar-refractivity contribution is 7.10. The zero-order valence-electron chi connectivity index (χ0n) is 11.3. The number of carboxylic acids is 1. The maximum Gasteiger partial charge on any atom is 0.305 e. The summed E-state index contributed by atoms with van der Waals surface area (Å²) < 4.78 is 0. The molecule has 21 heavy (non-hydrogen) atoms. The lowest BCUT2D eigenvalue weighted by Crippen LogP contribution is -2.30. The van der Waals surface area contributed by atoms with Crippen LogP contribution in [0.5, 0.6) is 0 Å². The highest BCUT2D eigenvalue weighted by atomic mass is 32.1. The Balaban J connectivity index is 1.79. The van der Waals surface area contributed by atoms with Crippen molar-refractivity contribution < 1.29 is 14.7 Å². The van der Waals surface area contributed by atoms with Gasteiger partial charge in [-0.1, -0.05) is 6.07 Å². The normalized spacial score (nSPS) is 14.7. The molecule has 1 atom stereocenters. The van der Waals surface area contributed by atoms with Gasteiger partial charge in [0.1, 0.15) is 0 Å². The van der Waals surface area contributed by atoms with Crippen LogP contribution in [0.15, 0.2) is 17.5 Å². The van der Waals surface area contributed by atoms with Crippen molar-refractivity contribution in [3.63, 3.8) is 0 Å². The molecule has 2 aromatic rings. The molecule has 7 heteroatoms. The van der Waals surface area contributed by atoms with Crippen molar-refractivity contribution in [1.29, 1.82) is 0 Å². The lowest BCUT2D eigenvalue weighted by molar-refractivity contribution is -0.137. The van der Waals surface area contributed by atoms with Crippen LogP contribution in [0.3, 0.4) is 0 Å². The number of hydrogen-bond acceptors (Lipinski definition) is 4. The van der Waals surface area contributed by atoms with Gasteiger partial charge >= 0.3 is 5.97 Å². The summed E-state index contributed by atoms with van der Waals surface area (Å²) in [6.07, 6.45) is 2.64. The molecule has 110 valence electrons. The summed E-state index contributed by atoms with van der Waals surface area (Å²) in [4.78, 5) is 24.2. The second-order valence-electron chi connectivity index (χ2n) is 5.02. The van der Waals surface area contributed by atoms with Gasteiger partial charge in [-0.05, 0) is 30.7 Å². The van der Waals surface area contributed by atoms with Gasteiger partial charge in [-0.15, -0.1) is 11.3 Å². The fourth-order valence-electron chi connectivity index (χ4n) is 2.62. The Morgan fingerprint density at radius 1 is 1.48 bits per heavy atom. The SMILES string of the molecule is O=C(O)CC(NC(=O)c1n[nH]c2c1CCC2)c1cccs1. The topological polar surface area (TPSA) is 95.1 Å². The van der Waals surface area contributed by atoms with E-state index in [1.807, 2.05) is 17.5 Å².